The number of aryl methyl sites for hydroxylation is 1. The molecule has 0 aliphatic carbocycles. The van der Waals surface area contributed by atoms with E-state index >= 15 is 0 Å². The molecule has 3 heterocycles. The molecule has 1 N–H and O–H groups in total. The van der Waals surface area contributed by atoms with Gasteiger partial charge in [0.1, 0.15) is 4.88 Å². The Morgan fingerprint density at radius 2 is 2.22 bits per heavy atom. The second-order valence-corrected chi connectivity index (χ2v) is 7.24. The van der Waals surface area contributed by atoms with Crippen LogP contribution in [-0.2, 0) is 4.79 Å². The molecule has 7 nitrogen and oxygen atoms in total. The monoisotopic (exact) mass is 351 g/mol. The summed E-state index contributed by atoms with van der Waals surface area (Å²) >= 11 is 2.76. The number of aliphatic imine (C=N–C) groups is 1. The summed E-state index contributed by atoms with van der Waals surface area (Å²) in [5, 5.41) is 6.18. The highest BCUT2D eigenvalue weighted by molar-refractivity contribution is 8.16. The summed E-state index contributed by atoms with van der Waals surface area (Å²) in [6, 6.07) is 0. The van der Waals surface area contributed by atoms with Gasteiger partial charge in [0, 0.05) is 26.3 Å². The van der Waals surface area contributed by atoms with Crippen LogP contribution in [0, 0.1) is 6.92 Å². The predicted octanol–water partition coefficient (Wildman–Crippen LogP) is 1.74. The second-order valence-electron chi connectivity index (χ2n) is 5.40. The number of thioether (sulfide) groups is 1. The van der Waals surface area contributed by atoms with E-state index in [-0.39, 0.29) is 18.2 Å². The Morgan fingerprint density at radius 1 is 1.43 bits per heavy atom. The first-order chi connectivity index (χ1) is 11.0. The van der Waals surface area contributed by atoms with Crippen molar-refractivity contribution >= 4 is 45.2 Å². The molecule has 1 aromatic heterocycles. The molecule has 1 aromatic rings. The number of hydrogen-bond donors (Lipinski definition) is 1. The van der Waals surface area contributed by atoms with Gasteiger partial charge in [-0.05, 0) is 12.3 Å². The lowest BCUT2D eigenvalue weighted by molar-refractivity contribution is -0.115. The Hall–Kier alpha value is -1.87. The number of hydrogen-bond acceptors (Lipinski definition) is 7. The minimum atomic E-state index is -0.136. The van der Waals surface area contributed by atoms with Gasteiger partial charge in [-0.1, -0.05) is 23.1 Å². The summed E-state index contributed by atoms with van der Waals surface area (Å²) in [6.45, 7) is 3.38. The van der Waals surface area contributed by atoms with E-state index in [1.165, 1.54) is 16.2 Å². The quantitative estimate of drug-likeness (QED) is 0.894. The zero-order chi connectivity index (χ0) is 16.6. The Kier molecular flexibility index (Phi) is 4.40. The van der Waals surface area contributed by atoms with Crippen LogP contribution in [0.5, 0.6) is 0 Å². The molecular weight excluding hydrogens is 334 g/mol. The van der Waals surface area contributed by atoms with Crippen molar-refractivity contribution in [2.24, 2.45) is 4.99 Å². The lowest BCUT2D eigenvalue weighted by atomic mass is 10.3. The van der Waals surface area contributed by atoms with E-state index in [1.807, 2.05) is 5.41 Å². The Balaban J connectivity index is 1.64. The largest absolute Gasteiger partial charge is 0.344 e. The van der Waals surface area contributed by atoms with Crippen molar-refractivity contribution in [1.82, 2.24) is 14.8 Å². The SMILES string of the molecule is Cc1nc(NC(=O)CC2=CSC3=NCCN23)sc1C(=O)N(C)C. The lowest BCUT2D eigenvalue weighted by Crippen LogP contribution is -2.24. The molecule has 2 aliphatic heterocycles. The van der Waals surface area contributed by atoms with Crippen LogP contribution in [0.1, 0.15) is 21.8 Å². The molecule has 0 atom stereocenters. The molecule has 3 rings (SSSR count). The van der Waals surface area contributed by atoms with Gasteiger partial charge >= 0.3 is 0 Å². The number of carbonyl (C=O) groups excluding carboxylic acids is 2. The summed E-state index contributed by atoms with van der Waals surface area (Å²) in [5.41, 5.74) is 1.59. The number of carbonyl (C=O) groups is 2. The predicted molar refractivity (Wildman–Crippen MR) is 92.8 cm³/mol. The van der Waals surface area contributed by atoms with Crippen LogP contribution in [0.15, 0.2) is 16.1 Å². The fourth-order valence-electron chi connectivity index (χ4n) is 2.29. The Bertz CT molecular complexity index is 723. The van der Waals surface area contributed by atoms with Crippen molar-refractivity contribution in [3.63, 3.8) is 0 Å². The van der Waals surface area contributed by atoms with Crippen molar-refractivity contribution in [2.45, 2.75) is 13.3 Å². The van der Waals surface area contributed by atoms with Gasteiger partial charge in [0.05, 0.1) is 18.7 Å². The van der Waals surface area contributed by atoms with Gasteiger partial charge in [0.15, 0.2) is 10.3 Å². The maximum absolute atomic E-state index is 12.2. The average molecular weight is 351 g/mol. The minimum absolute atomic E-state index is 0.103. The summed E-state index contributed by atoms with van der Waals surface area (Å²) in [5.74, 6) is -0.240. The zero-order valence-corrected chi connectivity index (χ0v) is 14.8. The molecule has 0 spiro atoms. The van der Waals surface area contributed by atoms with Crippen molar-refractivity contribution in [2.75, 3.05) is 32.5 Å². The third-order valence-corrected chi connectivity index (χ3v) is 5.44. The fraction of sp³-hybridized carbons (Fsp3) is 0.429. The highest BCUT2D eigenvalue weighted by atomic mass is 32.2. The van der Waals surface area contributed by atoms with Gasteiger partial charge in [-0.25, -0.2) is 4.98 Å². The molecule has 0 bridgehead atoms. The fourth-order valence-corrected chi connectivity index (χ4v) is 4.25. The molecule has 0 unspecified atom stereocenters. The smallest absolute Gasteiger partial charge is 0.265 e. The van der Waals surface area contributed by atoms with Crippen LogP contribution in [-0.4, -0.2) is 59.0 Å². The third kappa shape index (κ3) is 3.25. The molecule has 0 fully saturated rings. The van der Waals surface area contributed by atoms with Crippen LogP contribution in [0.25, 0.3) is 0 Å². The van der Waals surface area contributed by atoms with E-state index in [4.69, 9.17) is 0 Å². The van der Waals surface area contributed by atoms with Crippen LogP contribution >= 0.6 is 23.1 Å². The first-order valence-corrected chi connectivity index (χ1v) is 8.82. The molecule has 0 saturated carbocycles. The van der Waals surface area contributed by atoms with E-state index in [2.05, 4.69) is 20.2 Å². The summed E-state index contributed by atoms with van der Waals surface area (Å²) < 4.78 is 0. The van der Waals surface area contributed by atoms with Gasteiger partial charge < -0.3 is 15.1 Å². The molecule has 0 saturated heterocycles. The number of rotatable bonds is 4. The molecule has 2 aliphatic rings. The van der Waals surface area contributed by atoms with E-state index < -0.39 is 0 Å². The maximum Gasteiger partial charge on any atom is 0.265 e. The van der Waals surface area contributed by atoms with Crippen molar-refractivity contribution in [3.8, 4) is 0 Å². The van der Waals surface area contributed by atoms with Crippen LogP contribution in [0.3, 0.4) is 0 Å². The number of nitrogens with one attached hydrogen (secondary N) is 1. The standard InChI is InChI=1S/C14H17N5O2S2/c1-8-11(12(21)18(2)3)23-13(16-8)17-10(20)6-9-7-22-14-15-4-5-19(9)14/h7H,4-6H2,1-3H3,(H,16,17,20). The summed E-state index contributed by atoms with van der Waals surface area (Å²) in [6.07, 6.45) is 0.279. The Morgan fingerprint density at radius 3 is 2.96 bits per heavy atom. The highest BCUT2D eigenvalue weighted by Crippen LogP contribution is 2.31. The minimum Gasteiger partial charge on any atom is -0.344 e. The number of fused-ring (bicyclic) bond motifs is 1. The maximum atomic E-state index is 12.2. The number of thiazole rings is 1. The van der Waals surface area contributed by atoms with Gasteiger partial charge in [-0.3, -0.25) is 14.6 Å². The molecule has 9 heteroatoms. The molecule has 122 valence electrons. The van der Waals surface area contributed by atoms with Crippen molar-refractivity contribution < 1.29 is 9.59 Å². The van der Waals surface area contributed by atoms with Crippen LogP contribution in [0.4, 0.5) is 5.13 Å². The summed E-state index contributed by atoms with van der Waals surface area (Å²) in [7, 11) is 3.39. The number of aromatic nitrogens is 1. The number of nitrogens with zero attached hydrogens (tertiary/aromatic N) is 4. The van der Waals surface area contributed by atoms with Crippen LogP contribution in [0.2, 0.25) is 0 Å². The van der Waals surface area contributed by atoms with Crippen molar-refractivity contribution in [3.05, 3.63) is 21.7 Å². The summed E-state index contributed by atoms with van der Waals surface area (Å²) in [4.78, 5) is 37.0. The number of amidine groups is 1. The van der Waals surface area contributed by atoms with Gasteiger partial charge in [0.25, 0.3) is 5.91 Å². The van der Waals surface area contributed by atoms with E-state index in [0.717, 1.165) is 24.0 Å². The average Bonchev–Trinajstić information content (AvgIpc) is 3.16. The number of anilines is 1. The third-order valence-electron chi connectivity index (χ3n) is 3.43. The molecule has 2 amide bonds. The molecule has 23 heavy (non-hydrogen) atoms. The topological polar surface area (TPSA) is 77.9 Å². The normalized spacial score (nSPS) is 16.0. The first kappa shape index (κ1) is 16.0. The number of amides is 2. The van der Waals surface area contributed by atoms with E-state index in [1.54, 1.807) is 32.8 Å². The lowest BCUT2D eigenvalue weighted by Gasteiger charge is -2.15. The van der Waals surface area contributed by atoms with Crippen LogP contribution < -0.4 is 5.32 Å². The molecular formula is C14H17N5O2S2. The first-order valence-electron chi connectivity index (χ1n) is 7.12. The Labute approximate surface area is 142 Å². The zero-order valence-electron chi connectivity index (χ0n) is 13.1. The van der Waals surface area contributed by atoms with Gasteiger partial charge in [0.2, 0.25) is 5.91 Å². The van der Waals surface area contributed by atoms with Gasteiger partial charge in [-0.2, -0.15) is 0 Å². The van der Waals surface area contributed by atoms with E-state index in [0.29, 0.717) is 15.7 Å². The van der Waals surface area contributed by atoms with Crippen molar-refractivity contribution in [1.29, 1.82) is 0 Å². The second kappa shape index (κ2) is 6.32. The molecule has 0 aromatic carbocycles. The molecule has 0 radical (unpaired) electrons. The van der Waals surface area contributed by atoms with Gasteiger partial charge in [-0.15, -0.1) is 0 Å². The van der Waals surface area contributed by atoms with E-state index in [9.17, 15) is 9.59 Å². The highest BCUT2D eigenvalue weighted by Gasteiger charge is 2.27.